The van der Waals surface area contributed by atoms with Gasteiger partial charge in [-0.3, -0.25) is 10.2 Å². The van der Waals surface area contributed by atoms with Crippen LogP contribution in [0.15, 0.2) is 60.1 Å². The minimum absolute atomic E-state index is 0.0832. The van der Waals surface area contributed by atoms with E-state index < -0.39 is 5.54 Å². The number of nitrogens with one attached hydrogen (secondary N) is 2. The largest absolute Gasteiger partial charge is 0.494 e. The molecule has 1 heterocycles. The van der Waals surface area contributed by atoms with Crippen molar-refractivity contribution >= 4 is 35.0 Å². The standard InChI is InChI=1S/C24H27Cl2N3O4/c1-2-11-24(23(31)29-27-12-10-17-4-7-19(25)15-21(17)26)16-33-22(28-24)18-5-8-20(9-6-18)32-14-3-13-30/h2,4-9,15,27,30H,1,3,10-14,16H2,(H,29,31)/t24-/m0/s1. The summed E-state index contributed by atoms with van der Waals surface area (Å²) in [6.45, 7) is 4.87. The quantitative estimate of drug-likeness (QED) is 0.239. The number of halogens is 2. The molecule has 1 amide bonds. The molecule has 2 aromatic carbocycles. The van der Waals surface area contributed by atoms with Crippen LogP contribution in [0.5, 0.6) is 5.75 Å². The van der Waals surface area contributed by atoms with Gasteiger partial charge in [-0.2, -0.15) is 0 Å². The Labute approximate surface area is 203 Å². The van der Waals surface area contributed by atoms with Crippen LogP contribution in [0.3, 0.4) is 0 Å². The van der Waals surface area contributed by atoms with Gasteiger partial charge in [-0.15, -0.1) is 6.58 Å². The number of carbonyl (C=O) groups is 1. The van der Waals surface area contributed by atoms with E-state index in [2.05, 4.69) is 22.4 Å². The molecule has 1 aliphatic heterocycles. The number of benzene rings is 2. The van der Waals surface area contributed by atoms with E-state index in [0.29, 0.717) is 54.1 Å². The first-order chi connectivity index (χ1) is 16.0. The van der Waals surface area contributed by atoms with E-state index in [9.17, 15) is 4.79 Å². The monoisotopic (exact) mass is 491 g/mol. The fourth-order valence-corrected chi connectivity index (χ4v) is 3.78. The highest BCUT2D eigenvalue weighted by atomic mass is 35.5. The molecule has 0 saturated heterocycles. The summed E-state index contributed by atoms with van der Waals surface area (Å²) in [6.07, 6.45) is 3.16. The number of carbonyl (C=O) groups excluding carboxylic acids is 1. The third-order valence-electron chi connectivity index (χ3n) is 5.08. The molecule has 0 aliphatic carbocycles. The van der Waals surface area contributed by atoms with Gasteiger partial charge >= 0.3 is 0 Å². The Morgan fingerprint density at radius 1 is 1.27 bits per heavy atom. The second-order valence-corrected chi connectivity index (χ2v) is 8.39. The normalized spacial score (nSPS) is 17.2. The molecule has 2 aromatic rings. The van der Waals surface area contributed by atoms with Crippen LogP contribution >= 0.6 is 23.2 Å². The van der Waals surface area contributed by atoms with E-state index in [-0.39, 0.29) is 19.1 Å². The summed E-state index contributed by atoms with van der Waals surface area (Å²) < 4.78 is 11.3. The third kappa shape index (κ3) is 6.71. The van der Waals surface area contributed by atoms with Gasteiger partial charge in [-0.1, -0.05) is 35.3 Å². The summed E-state index contributed by atoms with van der Waals surface area (Å²) in [4.78, 5) is 17.6. The molecule has 0 unspecified atom stereocenters. The van der Waals surface area contributed by atoms with Crippen molar-refractivity contribution in [1.29, 1.82) is 0 Å². The zero-order chi connectivity index (χ0) is 23.7. The fourth-order valence-electron chi connectivity index (χ4n) is 3.28. The van der Waals surface area contributed by atoms with E-state index in [1.807, 2.05) is 18.2 Å². The van der Waals surface area contributed by atoms with Crippen LogP contribution < -0.4 is 15.6 Å². The molecule has 7 nitrogen and oxygen atoms in total. The molecule has 0 bridgehead atoms. The lowest BCUT2D eigenvalue weighted by Gasteiger charge is -2.21. The summed E-state index contributed by atoms with van der Waals surface area (Å²) in [5.41, 5.74) is 6.24. The number of aliphatic imine (C=N–C) groups is 1. The Balaban J connectivity index is 1.59. The lowest BCUT2D eigenvalue weighted by molar-refractivity contribution is -0.127. The third-order valence-corrected chi connectivity index (χ3v) is 5.66. The van der Waals surface area contributed by atoms with Crippen LogP contribution in [0.25, 0.3) is 0 Å². The number of amides is 1. The molecule has 3 rings (SSSR count). The van der Waals surface area contributed by atoms with Crippen LogP contribution in [0.4, 0.5) is 0 Å². The molecule has 1 atom stereocenters. The molecule has 33 heavy (non-hydrogen) atoms. The van der Waals surface area contributed by atoms with Crippen molar-refractivity contribution in [3.8, 4) is 5.75 Å². The summed E-state index contributed by atoms with van der Waals surface area (Å²) in [5, 5.41) is 10.0. The SMILES string of the molecule is C=CC[C@@]1(C(=O)NNCCc2ccc(Cl)cc2Cl)COC(c2ccc(OCCCO)cc2)=N1. The Hall–Kier alpha value is -2.58. The Kier molecular flexibility index (Phi) is 9.14. The molecule has 3 N–H and O–H groups in total. The number of aliphatic hydroxyl groups excluding tert-OH is 1. The first-order valence-electron chi connectivity index (χ1n) is 10.6. The first-order valence-corrected chi connectivity index (χ1v) is 11.4. The van der Waals surface area contributed by atoms with E-state index in [1.165, 1.54) is 0 Å². The van der Waals surface area contributed by atoms with Crippen molar-refractivity contribution in [1.82, 2.24) is 10.9 Å². The van der Waals surface area contributed by atoms with Crippen LogP contribution in [-0.4, -0.2) is 48.8 Å². The maximum atomic E-state index is 13.0. The number of rotatable bonds is 12. The number of hydrogen-bond acceptors (Lipinski definition) is 6. The van der Waals surface area contributed by atoms with E-state index in [4.69, 9.17) is 37.8 Å². The number of aliphatic hydroxyl groups is 1. The smallest absolute Gasteiger partial charge is 0.266 e. The minimum atomic E-state index is -1.10. The molecular weight excluding hydrogens is 465 g/mol. The average molecular weight is 492 g/mol. The highest BCUT2D eigenvalue weighted by Crippen LogP contribution is 2.27. The lowest BCUT2D eigenvalue weighted by atomic mass is 9.97. The highest BCUT2D eigenvalue weighted by Gasteiger charge is 2.43. The van der Waals surface area contributed by atoms with Crippen molar-refractivity contribution in [2.75, 3.05) is 26.4 Å². The van der Waals surface area contributed by atoms with Crippen molar-refractivity contribution in [3.63, 3.8) is 0 Å². The number of hydrogen-bond donors (Lipinski definition) is 3. The molecule has 0 fully saturated rings. The number of ether oxygens (including phenoxy) is 2. The predicted molar refractivity (Wildman–Crippen MR) is 130 cm³/mol. The van der Waals surface area contributed by atoms with Crippen molar-refractivity contribution in [2.24, 2.45) is 4.99 Å². The van der Waals surface area contributed by atoms with Crippen LogP contribution in [-0.2, 0) is 16.0 Å². The Bertz CT molecular complexity index is 998. The topological polar surface area (TPSA) is 92.2 Å². The minimum Gasteiger partial charge on any atom is -0.494 e. The van der Waals surface area contributed by atoms with E-state index in [1.54, 1.807) is 30.3 Å². The highest BCUT2D eigenvalue weighted by molar-refractivity contribution is 6.35. The molecule has 1 aliphatic rings. The predicted octanol–water partition coefficient (Wildman–Crippen LogP) is 3.71. The van der Waals surface area contributed by atoms with Gasteiger partial charge < -0.3 is 14.6 Å². The zero-order valence-electron chi connectivity index (χ0n) is 18.2. The number of nitrogens with zero attached hydrogens (tertiary/aromatic N) is 1. The summed E-state index contributed by atoms with van der Waals surface area (Å²) >= 11 is 12.1. The zero-order valence-corrected chi connectivity index (χ0v) is 19.7. The Morgan fingerprint density at radius 3 is 2.76 bits per heavy atom. The van der Waals surface area contributed by atoms with E-state index >= 15 is 0 Å². The summed E-state index contributed by atoms with van der Waals surface area (Å²) in [7, 11) is 0. The maximum absolute atomic E-state index is 13.0. The van der Waals surface area contributed by atoms with Crippen molar-refractivity contribution in [3.05, 3.63) is 76.3 Å². The molecule has 0 saturated carbocycles. The van der Waals surface area contributed by atoms with Gasteiger partial charge in [-0.05, 0) is 48.4 Å². The van der Waals surface area contributed by atoms with Crippen LogP contribution in [0.1, 0.15) is 24.0 Å². The molecular formula is C24H27Cl2N3O4. The van der Waals surface area contributed by atoms with Gasteiger partial charge in [0.2, 0.25) is 5.90 Å². The molecule has 0 spiro atoms. The molecule has 0 aromatic heterocycles. The van der Waals surface area contributed by atoms with Gasteiger partial charge in [0, 0.05) is 41.6 Å². The molecule has 0 radical (unpaired) electrons. The van der Waals surface area contributed by atoms with E-state index in [0.717, 1.165) is 11.1 Å². The van der Waals surface area contributed by atoms with Crippen LogP contribution in [0, 0.1) is 0 Å². The van der Waals surface area contributed by atoms with Gasteiger partial charge in [0.05, 0.1) is 6.61 Å². The fraction of sp³-hybridized carbons (Fsp3) is 0.333. The van der Waals surface area contributed by atoms with Crippen molar-refractivity contribution in [2.45, 2.75) is 24.8 Å². The van der Waals surface area contributed by atoms with Crippen molar-refractivity contribution < 1.29 is 19.4 Å². The van der Waals surface area contributed by atoms with Gasteiger partial charge in [0.1, 0.15) is 12.4 Å². The average Bonchev–Trinajstić information content (AvgIpc) is 3.24. The van der Waals surface area contributed by atoms with Crippen LogP contribution in [0.2, 0.25) is 10.0 Å². The summed E-state index contributed by atoms with van der Waals surface area (Å²) in [5.74, 6) is 0.774. The summed E-state index contributed by atoms with van der Waals surface area (Å²) in [6, 6.07) is 12.6. The second-order valence-electron chi connectivity index (χ2n) is 7.55. The maximum Gasteiger partial charge on any atom is 0.266 e. The second kappa shape index (κ2) is 12.0. The Morgan fingerprint density at radius 2 is 2.06 bits per heavy atom. The van der Waals surface area contributed by atoms with Gasteiger partial charge in [-0.25, -0.2) is 10.4 Å². The lowest BCUT2D eigenvalue weighted by Crippen LogP contribution is -2.51. The molecule has 176 valence electrons. The van der Waals surface area contributed by atoms with Gasteiger partial charge in [0.25, 0.3) is 5.91 Å². The molecule has 9 heteroatoms. The van der Waals surface area contributed by atoms with Gasteiger partial charge in [0.15, 0.2) is 5.54 Å². The number of hydrazine groups is 1. The first kappa shape index (κ1) is 25.1.